The number of nitrogens with zero attached hydrogens (tertiary/aromatic N) is 5. The number of H-pyrrole nitrogens is 2. The summed E-state index contributed by atoms with van der Waals surface area (Å²) in [5.41, 5.74) is 5.57. The lowest BCUT2D eigenvalue weighted by Gasteiger charge is -2.08. The Morgan fingerprint density at radius 1 is 0.825 bits per heavy atom. The largest absolute Gasteiger partial charge is 0.337 e. The van der Waals surface area contributed by atoms with Crippen molar-refractivity contribution in [3.8, 4) is 33.9 Å². The molecule has 0 spiro atoms. The molecule has 0 aliphatic rings. The molecule has 192 valence electrons. The molecule has 7 aromatic rings. The van der Waals surface area contributed by atoms with Crippen molar-refractivity contribution >= 4 is 33.5 Å². The van der Waals surface area contributed by atoms with Gasteiger partial charge in [-0.1, -0.05) is 30.3 Å². The maximum Gasteiger partial charge on any atom is 0.255 e. The number of carbonyl (C=O) groups excluding carboxylic acids is 1. The Kier molecular flexibility index (Phi) is 5.56. The molecule has 5 heterocycles. The smallest absolute Gasteiger partial charge is 0.255 e. The summed E-state index contributed by atoms with van der Waals surface area (Å²) in [6.45, 7) is 0. The number of rotatable bonds is 5. The number of halogens is 1. The number of hydrogen-bond donors (Lipinski definition) is 3. The van der Waals surface area contributed by atoms with Gasteiger partial charge in [-0.05, 0) is 42.0 Å². The van der Waals surface area contributed by atoms with Crippen molar-refractivity contribution in [3.63, 3.8) is 0 Å². The highest BCUT2D eigenvalue weighted by Crippen LogP contribution is 2.34. The SMILES string of the molecule is O=C(Nc1cncc(-c2ncc3[nH]nc(-c4nc5c(-c6ccncc6)cccc5[nH]4)c3c2F)c1)c1ccccc1. The molecule has 2 aromatic carbocycles. The van der Waals surface area contributed by atoms with Gasteiger partial charge in [0.2, 0.25) is 0 Å². The maximum atomic E-state index is 16.1. The second-order valence-corrected chi connectivity index (χ2v) is 9.09. The van der Waals surface area contributed by atoms with Gasteiger partial charge in [-0.2, -0.15) is 5.10 Å². The Morgan fingerprint density at radius 3 is 2.52 bits per heavy atom. The van der Waals surface area contributed by atoms with Crippen molar-refractivity contribution in [1.29, 1.82) is 0 Å². The molecule has 0 saturated carbocycles. The second kappa shape index (κ2) is 9.52. The normalized spacial score (nSPS) is 11.2. The maximum absolute atomic E-state index is 16.1. The van der Waals surface area contributed by atoms with Crippen molar-refractivity contribution in [3.05, 3.63) is 109 Å². The number of pyridine rings is 3. The predicted octanol–water partition coefficient (Wildman–Crippen LogP) is 6.02. The molecule has 0 bridgehead atoms. The number of nitrogens with one attached hydrogen (secondary N) is 3. The lowest BCUT2D eigenvalue weighted by molar-refractivity contribution is 0.102. The van der Waals surface area contributed by atoms with Crippen LogP contribution in [0.5, 0.6) is 0 Å². The summed E-state index contributed by atoms with van der Waals surface area (Å²) in [6.07, 6.45) is 7.97. The lowest BCUT2D eigenvalue weighted by atomic mass is 10.1. The van der Waals surface area contributed by atoms with Gasteiger partial charge in [0, 0.05) is 35.3 Å². The van der Waals surface area contributed by atoms with Crippen molar-refractivity contribution in [2.45, 2.75) is 0 Å². The van der Waals surface area contributed by atoms with Crippen LogP contribution in [0.1, 0.15) is 10.4 Å². The minimum Gasteiger partial charge on any atom is -0.337 e. The van der Waals surface area contributed by atoms with Gasteiger partial charge in [0.1, 0.15) is 11.4 Å². The molecule has 1 amide bonds. The van der Waals surface area contributed by atoms with Gasteiger partial charge >= 0.3 is 0 Å². The number of amides is 1. The molecule has 40 heavy (non-hydrogen) atoms. The molecule has 0 aliphatic heterocycles. The third-order valence-corrected chi connectivity index (χ3v) is 6.58. The van der Waals surface area contributed by atoms with Gasteiger partial charge in [0.25, 0.3) is 5.91 Å². The summed E-state index contributed by atoms with van der Waals surface area (Å²) >= 11 is 0. The van der Waals surface area contributed by atoms with E-state index in [9.17, 15) is 4.79 Å². The van der Waals surface area contributed by atoms with Crippen LogP contribution in [-0.2, 0) is 0 Å². The van der Waals surface area contributed by atoms with Gasteiger partial charge in [0.05, 0.1) is 40.0 Å². The number of hydrogen-bond acceptors (Lipinski definition) is 6. The number of benzene rings is 2. The van der Waals surface area contributed by atoms with Crippen LogP contribution in [0.3, 0.4) is 0 Å². The molecule has 0 fully saturated rings. The number of anilines is 1. The number of aromatic nitrogens is 7. The molecule has 0 radical (unpaired) electrons. The van der Waals surface area contributed by atoms with E-state index in [1.54, 1.807) is 42.7 Å². The van der Waals surface area contributed by atoms with E-state index in [1.807, 2.05) is 36.4 Å². The zero-order valence-electron chi connectivity index (χ0n) is 20.8. The molecular weight excluding hydrogens is 507 g/mol. The fourth-order valence-corrected chi connectivity index (χ4v) is 4.69. The van der Waals surface area contributed by atoms with Crippen molar-refractivity contribution in [2.75, 3.05) is 5.32 Å². The topological polar surface area (TPSA) is 125 Å². The molecule has 5 aromatic heterocycles. The number of imidazole rings is 1. The number of carbonyl (C=O) groups is 1. The van der Waals surface area contributed by atoms with E-state index in [0.29, 0.717) is 33.8 Å². The monoisotopic (exact) mass is 526 g/mol. The summed E-state index contributed by atoms with van der Waals surface area (Å²) < 4.78 is 16.1. The lowest BCUT2D eigenvalue weighted by Crippen LogP contribution is -2.11. The third-order valence-electron chi connectivity index (χ3n) is 6.58. The van der Waals surface area contributed by atoms with Gasteiger partial charge in [0.15, 0.2) is 11.6 Å². The van der Waals surface area contributed by atoms with Gasteiger partial charge < -0.3 is 10.3 Å². The van der Waals surface area contributed by atoms with Crippen LogP contribution in [-0.4, -0.2) is 41.0 Å². The Morgan fingerprint density at radius 2 is 1.68 bits per heavy atom. The molecule has 10 heteroatoms. The summed E-state index contributed by atoms with van der Waals surface area (Å²) in [5, 5.41) is 10.3. The van der Waals surface area contributed by atoms with E-state index in [-0.39, 0.29) is 17.0 Å². The Labute approximate surface area is 226 Å². The van der Waals surface area contributed by atoms with E-state index in [0.717, 1.165) is 22.2 Å². The minimum atomic E-state index is -0.579. The molecule has 3 N–H and O–H groups in total. The van der Waals surface area contributed by atoms with Gasteiger partial charge in [-0.25, -0.2) is 9.37 Å². The van der Waals surface area contributed by atoms with E-state index >= 15 is 4.39 Å². The van der Waals surface area contributed by atoms with E-state index < -0.39 is 5.82 Å². The highest BCUT2D eigenvalue weighted by molar-refractivity contribution is 6.04. The van der Waals surface area contributed by atoms with E-state index in [2.05, 4.69) is 35.5 Å². The Bertz CT molecular complexity index is 2020. The van der Waals surface area contributed by atoms with Crippen LogP contribution < -0.4 is 5.32 Å². The summed E-state index contributed by atoms with van der Waals surface area (Å²) in [6, 6.07) is 20.1. The molecular formula is C30H19FN8O. The Hall–Kier alpha value is -5.77. The van der Waals surface area contributed by atoms with Crippen LogP contribution in [0.4, 0.5) is 10.1 Å². The first-order chi connectivity index (χ1) is 19.7. The van der Waals surface area contributed by atoms with Crippen LogP contribution in [0.15, 0.2) is 97.7 Å². The van der Waals surface area contributed by atoms with Crippen molar-refractivity contribution < 1.29 is 9.18 Å². The summed E-state index contributed by atoms with van der Waals surface area (Å²) in [4.78, 5) is 33.3. The average molecular weight is 527 g/mol. The Balaban J connectivity index is 1.29. The predicted molar refractivity (Wildman–Crippen MR) is 150 cm³/mol. The molecule has 7 rings (SSSR count). The second-order valence-electron chi connectivity index (χ2n) is 9.09. The average Bonchev–Trinajstić information content (AvgIpc) is 3.63. The van der Waals surface area contributed by atoms with Crippen LogP contribution >= 0.6 is 0 Å². The van der Waals surface area contributed by atoms with Crippen LogP contribution in [0.2, 0.25) is 0 Å². The quantitative estimate of drug-likeness (QED) is 0.252. The molecule has 0 unspecified atom stereocenters. The fourth-order valence-electron chi connectivity index (χ4n) is 4.69. The molecule has 9 nitrogen and oxygen atoms in total. The first-order valence-corrected chi connectivity index (χ1v) is 12.4. The van der Waals surface area contributed by atoms with Crippen molar-refractivity contribution in [1.82, 2.24) is 35.1 Å². The van der Waals surface area contributed by atoms with E-state index in [4.69, 9.17) is 4.98 Å². The number of para-hydroxylation sites is 1. The summed E-state index contributed by atoms with van der Waals surface area (Å²) in [7, 11) is 0. The fraction of sp³-hybridized carbons (Fsp3) is 0. The molecule has 0 aliphatic carbocycles. The van der Waals surface area contributed by atoms with Crippen LogP contribution in [0.25, 0.3) is 55.8 Å². The van der Waals surface area contributed by atoms with Gasteiger partial charge in [-0.3, -0.25) is 24.8 Å². The first-order valence-electron chi connectivity index (χ1n) is 12.4. The summed E-state index contributed by atoms with van der Waals surface area (Å²) in [5.74, 6) is -0.457. The van der Waals surface area contributed by atoms with E-state index in [1.165, 1.54) is 18.6 Å². The first kappa shape index (κ1) is 23.4. The third kappa shape index (κ3) is 4.04. The van der Waals surface area contributed by atoms with Gasteiger partial charge in [-0.15, -0.1) is 0 Å². The standard InChI is InChI=1S/C30H19FN8O/c31-25-24-23(16-34-26(25)19-13-20(15-33-14-19)35-30(40)18-5-2-1-3-6-18)38-39-28(24)29-36-22-8-4-7-21(27(22)37-29)17-9-11-32-12-10-17/h1-16H,(H,35,40)(H,36,37)(H,38,39). The van der Waals surface area contributed by atoms with Crippen molar-refractivity contribution in [2.24, 2.45) is 0 Å². The molecule has 0 saturated heterocycles. The number of aromatic amines is 2. The highest BCUT2D eigenvalue weighted by Gasteiger charge is 2.21. The zero-order valence-corrected chi connectivity index (χ0v) is 20.8. The van der Waals surface area contributed by atoms with Crippen LogP contribution in [0, 0.1) is 5.82 Å². The highest BCUT2D eigenvalue weighted by atomic mass is 19.1. The molecule has 0 atom stereocenters. The minimum absolute atomic E-state index is 0.0760. The zero-order chi connectivity index (χ0) is 27.1. The number of fused-ring (bicyclic) bond motifs is 2.